The Labute approximate surface area is 114 Å². The van der Waals surface area contributed by atoms with E-state index >= 15 is 0 Å². The monoisotopic (exact) mass is 282 g/mol. The molecule has 3 nitrogen and oxygen atoms in total. The van der Waals surface area contributed by atoms with Gasteiger partial charge in [-0.3, -0.25) is 0 Å². The van der Waals surface area contributed by atoms with E-state index in [2.05, 4.69) is 10.5 Å². The molecule has 0 aliphatic rings. The third-order valence-electron chi connectivity index (χ3n) is 2.56. The molecule has 0 atom stereocenters. The fraction of sp³-hybridized carbons (Fsp3) is 0.214. The second kappa shape index (κ2) is 5.81. The van der Waals surface area contributed by atoms with Crippen LogP contribution in [0.1, 0.15) is 18.2 Å². The van der Waals surface area contributed by atoms with Crippen LogP contribution in [-0.4, -0.2) is 12.8 Å². The molecule has 0 amide bonds. The van der Waals surface area contributed by atoms with E-state index < -0.39 is 11.7 Å². The predicted molar refractivity (Wildman–Crippen MR) is 70.4 cm³/mol. The van der Waals surface area contributed by atoms with Crippen molar-refractivity contribution in [2.24, 2.45) is 5.10 Å². The highest BCUT2D eigenvalue weighted by Crippen LogP contribution is 2.31. The standard InChI is InChI=1S/C14H13F3N2O/c1-2-18-19-9-12-7-8-13(20-12)10-3-5-11(6-4-10)14(15,16)17/h3-9,18H,2H2,1H3/b19-9-. The van der Waals surface area contributed by atoms with E-state index in [1.165, 1.54) is 18.3 Å². The molecule has 0 radical (unpaired) electrons. The van der Waals surface area contributed by atoms with E-state index in [9.17, 15) is 13.2 Å². The van der Waals surface area contributed by atoms with Crippen LogP contribution in [0.15, 0.2) is 45.9 Å². The number of furan rings is 1. The zero-order chi connectivity index (χ0) is 14.6. The molecule has 20 heavy (non-hydrogen) atoms. The average molecular weight is 282 g/mol. The first-order valence-corrected chi connectivity index (χ1v) is 6.04. The Kier molecular flexibility index (Phi) is 4.12. The molecule has 2 aromatic rings. The van der Waals surface area contributed by atoms with Crippen LogP contribution in [0.3, 0.4) is 0 Å². The summed E-state index contributed by atoms with van der Waals surface area (Å²) in [5.41, 5.74) is 2.66. The van der Waals surface area contributed by atoms with Gasteiger partial charge in [0.05, 0.1) is 11.8 Å². The maximum Gasteiger partial charge on any atom is 0.416 e. The van der Waals surface area contributed by atoms with Crippen LogP contribution in [0.4, 0.5) is 13.2 Å². The minimum atomic E-state index is -4.33. The third-order valence-corrected chi connectivity index (χ3v) is 2.56. The van der Waals surface area contributed by atoms with Crippen LogP contribution < -0.4 is 5.43 Å². The fourth-order valence-corrected chi connectivity index (χ4v) is 1.60. The zero-order valence-corrected chi connectivity index (χ0v) is 10.7. The highest BCUT2D eigenvalue weighted by Gasteiger charge is 2.30. The molecular weight excluding hydrogens is 269 g/mol. The van der Waals surface area contributed by atoms with E-state index in [1.807, 2.05) is 6.92 Å². The van der Waals surface area contributed by atoms with Crippen molar-refractivity contribution in [2.75, 3.05) is 6.54 Å². The van der Waals surface area contributed by atoms with Gasteiger partial charge in [-0.1, -0.05) is 12.1 Å². The van der Waals surface area contributed by atoms with Gasteiger partial charge < -0.3 is 9.84 Å². The number of hydrogen-bond acceptors (Lipinski definition) is 3. The molecule has 1 N–H and O–H groups in total. The minimum Gasteiger partial charge on any atom is -0.455 e. The van der Waals surface area contributed by atoms with Gasteiger partial charge in [-0.15, -0.1) is 0 Å². The van der Waals surface area contributed by atoms with Crippen LogP contribution in [0.25, 0.3) is 11.3 Å². The number of nitrogens with one attached hydrogen (secondary N) is 1. The van der Waals surface area contributed by atoms with Crippen molar-refractivity contribution in [1.82, 2.24) is 5.43 Å². The molecule has 0 saturated carbocycles. The third kappa shape index (κ3) is 3.40. The van der Waals surface area contributed by atoms with Crippen molar-refractivity contribution in [3.05, 3.63) is 47.7 Å². The largest absolute Gasteiger partial charge is 0.455 e. The molecule has 1 aromatic carbocycles. The normalized spacial score (nSPS) is 12.0. The van der Waals surface area contributed by atoms with Crippen molar-refractivity contribution in [3.8, 4) is 11.3 Å². The Hall–Kier alpha value is -2.24. The second-order valence-corrected chi connectivity index (χ2v) is 4.05. The highest BCUT2D eigenvalue weighted by molar-refractivity contribution is 5.77. The summed E-state index contributed by atoms with van der Waals surface area (Å²) in [5, 5.41) is 3.90. The van der Waals surface area contributed by atoms with Crippen molar-refractivity contribution in [3.63, 3.8) is 0 Å². The molecule has 2 rings (SSSR count). The number of nitrogens with zero attached hydrogens (tertiary/aromatic N) is 1. The van der Waals surface area contributed by atoms with Gasteiger partial charge in [0.15, 0.2) is 0 Å². The lowest BCUT2D eigenvalue weighted by Gasteiger charge is -2.06. The van der Waals surface area contributed by atoms with Gasteiger partial charge in [-0.2, -0.15) is 18.3 Å². The molecule has 0 saturated heterocycles. The van der Waals surface area contributed by atoms with Crippen LogP contribution >= 0.6 is 0 Å². The molecule has 106 valence electrons. The lowest BCUT2D eigenvalue weighted by molar-refractivity contribution is -0.137. The molecule has 1 aromatic heterocycles. The van der Waals surface area contributed by atoms with Gasteiger partial charge >= 0.3 is 6.18 Å². The zero-order valence-electron chi connectivity index (χ0n) is 10.7. The van der Waals surface area contributed by atoms with Crippen LogP contribution in [-0.2, 0) is 6.18 Å². The second-order valence-electron chi connectivity index (χ2n) is 4.05. The van der Waals surface area contributed by atoms with Gasteiger partial charge in [-0.25, -0.2) is 0 Å². The van der Waals surface area contributed by atoms with E-state index in [-0.39, 0.29) is 0 Å². The van der Waals surface area contributed by atoms with Gasteiger partial charge in [0.1, 0.15) is 11.5 Å². The number of benzene rings is 1. The van der Waals surface area contributed by atoms with Gasteiger partial charge in [-0.05, 0) is 31.2 Å². The van der Waals surface area contributed by atoms with E-state index in [4.69, 9.17) is 4.42 Å². The quantitative estimate of drug-likeness (QED) is 0.682. The van der Waals surface area contributed by atoms with Crippen molar-refractivity contribution in [2.45, 2.75) is 13.1 Å². The molecule has 0 spiro atoms. The maximum absolute atomic E-state index is 12.5. The summed E-state index contributed by atoms with van der Waals surface area (Å²) >= 11 is 0. The Morgan fingerprint density at radius 2 is 1.85 bits per heavy atom. The average Bonchev–Trinajstić information content (AvgIpc) is 2.87. The van der Waals surface area contributed by atoms with E-state index in [1.54, 1.807) is 12.1 Å². The predicted octanol–water partition coefficient (Wildman–Crippen LogP) is 3.91. The minimum absolute atomic E-state index is 0.497. The number of hydrogen-bond donors (Lipinski definition) is 1. The summed E-state index contributed by atoms with van der Waals surface area (Å²) in [4.78, 5) is 0. The SMILES string of the molecule is CCN/N=C\c1ccc(-c2ccc(C(F)(F)F)cc2)o1. The topological polar surface area (TPSA) is 37.5 Å². The molecule has 0 fully saturated rings. The van der Waals surface area contributed by atoms with Crippen LogP contribution in [0.2, 0.25) is 0 Å². The summed E-state index contributed by atoms with van der Waals surface area (Å²) in [6, 6.07) is 8.22. The number of alkyl halides is 3. The van der Waals surface area contributed by atoms with Gasteiger partial charge in [0.25, 0.3) is 0 Å². The number of rotatable bonds is 4. The first-order chi connectivity index (χ1) is 9.50. The Balaban J connectivity index is 2.16. The van der Waals surface area contributed by atoms with Crippen LogP contribution in [0.5, 0.6) is 0 Å². The molecule has 0 bridgehead atoms. The number of halogens is 3. The molecule has 0 unspecified atom stereocenters. The highest BCUT2D eigenvalue weighted by atomic mass is 19.4. The Morgan fingerprint density at radius 1 is 1.15 bits per heavy atom. The molecule has 1 heterocycles. The molecule has 0 aliphatic carbocycles. The first kappa shape index (κ1) is 14.2. The summed E-state index contributed by atoms with van der Waals surface area (Å²) in [5.74, 6) is 1.03. The lowest BCUT2D eigenvalue weighted by atomic mass is 10.1. The smallest absolute Gasteiger partial charge is 0.416 e. The van der Waals surface area contributed by atoms with Gasteiger partial charge in [0.2, 0.25) is 0 Å². The first-order valence-electron chi connectivity index (χ1n) is 6.04. The van der Waals surface area contributed by atoms with E-state index in [0.717, 1.165) is 12.1 Å². The molecule has 0 aliphatic heterocycles. The Morgan fingerprint density at radius 3 is 2.45 bits per heavy atom. The van der Waals surface area contributed by atoms with E-state index in [0.29, 0.717) is 23.6 Å². The fourth-order valence-electron chi connectivity index (χ4n) is 1.60. The van der Waals surface area contributed by atoms with Crippen molar-refractivity contribution < 1.29 is 17.6 Å². The van der Waals surface area contributed by atoms with Crippen molar-refractivity contribution in [1.29, 1.82) is 0 Å². The summed E-state index contributed by atoms with van der Waals surface area (Å²) in [6.07, 6.45) is -2.82. The number of hydrazone groups is 1. The maximum atomic E-state index is 12.5. The molecular formula is C14H13F3N2O. The summed E-state index contributed by atoms with van der Waals surface area (Å²) < 4.78 is 42.8. The molecule has 6 heteroatoms. The summed E-state index contributed by atoms with van der Waals surface area (Å²) in [7, 11) is 0. The summed E-state index contributed by atoms with van der Waals surface area (Å²) in [6.45, 7) is 2.61. The van der Waals surface area contributed by atoms with Crippen LogP contribution in [0, 0.1) is 0 Å². The van der Waals surface area contributed by atoms with Gasteiger partial charge in [0, 0.05) is 12.1 Å². The lowest BCUT2D eigenvalue weighted by Crippen LogP contribution is -2.03. The van der Waals surface area contributed by atoms with Crippen molar-refractivity contribution >= 4 is 6.21 Å². The Bertz CT molecular complexity index is 585.